The Hall–Kier alpha value is -1.79. The number of carboxylic acids is 1. The molecule has 1 rings (SSSR count). The Morgan fingerprint density at radius 2 is 2.05 bits per heavy atom. The summed E-state index contributed by atoms with van der Waals surface area (Å²) in [5.41, 5.74) is 0.748. The minimum atomic E-state index is -1.32. The van der Waals surface area contributed by atoms with Crippen molar-refractivity contribution < 1.29 is 19.8 Å². The highest BCUT2D eigenvalue weighted by molar-refractivity contribution is 6.31. The van der Waals surface area contributed by atoms with Crippen LogP contribution in [0.4, 0.5) is 4.79 Å². The highest BCUT2D eigenvalue weighted by atomic mass is 35.5. The van der Waals surface area contributed by atoms with Gasteiger partial charge in [-0.25, -0.2) is 9.59 Å². The van der Waals surface area contributed by atoms with Crippen molar-refractivity contribution in [1.82, 2.24) is 10.2 Å². The van der Waals surface area contributed by atoms with E-state index < -0.39 is 24.6 Å². The van der Waals surface area contributed by atoms with Crippen LogP contribution in [0.1, 0.15) is 5.56 Å². The van der Waals surface area contributed by atoms with Gasteiger partial charge in [0, 0.05) is 18.6 Å². The number of aliphatic hydroxyl groups is 1. The molecule has 1 aromatic rings. The molecular formula is C12H15ClN2O4. The number of hydrogen-bond donors (Lipinski definition) is 3. The maximum Gasteiger partial charge on any atom is 0.328 e. The van der Waals surface area contributed by atoms with E-state index in [1.807, 2.05) is 0 Å². The molecule has 6 nitrogen and oxygen atoms in total. The topological polar surface area (TPSA) is 89.9 Å². The Labute approximate surface area is 115 Å². The molecule has 0 saturated carbocycles. The molecule has 0 saturated heterocycles. The third-order valence-electron chi connectivity index (χ3n) is 2.49. The average molecular weight is 287 g/mol. The van der Waals surface area contributed by atoms with Crippen molar-refractivity contribution in [1.29, 1.82) is 0 Å². The van der Waals surface area contributed by atoms with E-state index in [1.54, 1.807) is 24.3 Å². The predicted molar refractivity (Wildman–Crippen MR) is 70.0 cm³/mol. The molecule has 0 aliphatic rings. The Balaban J connectivity index is 2.63. The zero-order chi connectivity index (χ0) is 14.4. The van der Waals surface area contributed by atoms with Gasteiger partial charge in [-0.3, -0.25) is 0 Å². The van der Waals surface area contributed by atoms with Gasteiger partial charge in [-0.05, 0) is 11.6 Å². The Bertz CT molecular complexity index is 467. The molecule has 104 valence electrons. The van der Waals surface area contributed by atoms with Gasteiger partial charge in [0.1, 0.15) is 0 Å². The van der Waals surface area contributed by atoms with Crippen LogP contribution >= 0.6 is 11.6 Å². The highest BCUT2D eigenvalue weighted by Gasteiger charge is 2.20. The number of halogens is 1. The maximum absolute atomic E-state index is 11.7. The van der Waals surface area contributed by atoms with Crippen molar-refractivity contribution >= 4 is 23.6 Å². The summed E-state index contributed by atoms with van der Waals surface area (Å²) in [6.45, 7) is -0.426. The van der Waals surface area contributed by atoms with Crippen LogP contribution in [0, 0.1) is 0 Å². The first-order chi connectivity index (χ1) is 8.95. The lowest BCUT2D eigenvalue weighted by Gasteiger charge is -2.21. The molecule has 0 heterocycles. The van der Waals surface area contributed by atoms with Crippen LogP contribution in [-0.2, 0) is 11.3 Å². The van der Waals surface area contributed by atoms with Crippen molar-refractivity contribution in [2.75, 3.05) is 13.7 Å². The second kappa shape index (κ2) is 6.96. The second-order valence-corrected chi connectivity index (χ2v) is 4.38. The first-order valence-corrected chi connectivity index (χ1v) is 5.92. The van der Waals surface area contributed by atoms with Crippen LogP contribution < -0.4 is 5.32 Å². The number of carbonyl (C=O) groups is 2. The van der Waals surface area contributed by atoms with E-state index >= 15 is 0 Å². The average Bonchev–Trinajstić information content (AvgIpc) is 2.37. The molecule has 1 aromatic carbocycles. The summed E-state index contributed by atoms with van der Waals surface area (Å²) >= 11 is 5.96. The number of aliphatic hydroxyl groups excluding tert-OH is 1. The fraction of sp³-hybridized carbons (Fsp3) is 0.333. The number of carboxylic acid groups (broad SMARTS) is 1. The van der Waals surface area contributed by atoms with Crippen LogP contribution in [0.15, 0.2) is 24.3 Å². The lowest BCUT2D eigenvalue weighted by molar-refractivity contribution is -0.140. The third-order valence-corrected chi connectivity index (χ3v) is 2.86. The van der Waals surface area contributed by atoms with Gasteiger partial charge < -0.3 is 20.4 Å². The summed E-state index contributed by atoms with van der Waals surface area (Å²) in [7, 11) is 1.51. The van der Waals surface area contributed by atoms with Crippen LogP contribution in [0.5, 0.6) is 0 Å². The normalized spacial score (nSPS) is 11.7. The van der Waals surface area contributed by atoms with Crippen molar-refractivity contribution in [3.8, 4) is 0 Å². The number of urea groups is 1. The minimum absolute atomic E-state index is 0.239. The first-order valence-electron chi connectivity index (χ1n) is 5.54. The summed E-state index contributed by atoms with van der Waals surface area (Å²) in [4.78, 5) is 23.7. The maximum atomic E-state index is 11.7. The van der Waals surface area contributed by atoms with Gasteiger partial charge in [-0.2, -0.15) is 0 Å². The van der Waals surface area contributed by atoms with E-state index in [1.165, 1.54) is 11.9 Å². The Morgan fingerprint density at radius 1 is 1.42 bits per heavy atom. The van der Waals surface area contributed by atoms with E-state index in [0.717, 1.165) is 5.56 Å². The molecule has 0 aliphatic carbocycles. The minimum Gasteiger partial charge on any atom is -0.480 e. The van der Waals surface area contributed by atoms with Gasteiger partial charge in [0.2, 0.25) is 0 Å². The van der Waals surface area contributed by atoms with Crippen molar-refractivity contribution in [3.05, 3.63) is 34.9 Å². The number of hydrogen-bond acceptors (Lipinski definition) is 3. The summed E-state index contributed by atoms with van der Waals surface area (Å²) in [6.07, 6.45) is 0. The van der Waals surface area contributed by atoms with Gasteiger partial charge in [-0.15, -0.1) is 0 Å². The molecule has 0 radical (unpaired) electrons. The van der Waals surface area contributed by atoms with Crippen LogP contribution in [0.25, 0.3) is 0 Å². The zero-order valence-electron chi connectivity index (χ0n) is 10.3. The third kappa shape index (κ3) is 4.42. The van der Waals surface area contributed by atoms with Gasteiger partial charge >= 0.3 is 12.0 Å². The van der Waals surface area contributed by atoms with Crippen molar-refractivity contribution in [2.24, 2.45) is 0 Å². The lowest BCUT2D eigenvalue weighted by Crippen LogP contribution is -2.48. The van der Waals surface area contributed by atoms with E-state index in [0.29, 0.717) is 5.02 Å². The zero-order valence-corrected chi connectivity index (χ0v) is 11.1. The number of amides is 2. The quantitative estimate of drug-likeness (QED) is 0.751. The first kappa shape index (κ1) is 15.3. The summed E-state index contributed by atoms with van der Waals surface area (Å²) in [6, 6.07) is 5.13. The number of aliphatic carboxylic acids is 1. The molecule has 1 atom stereocenters. The lowest BCUT2D eigenvalue weighted by atomic mass is 10.2. The van der Waals surface area contributed by atoms with E-state index in [4.69, 9.17) is 21.8 Å². The fourth-order valence-electron chi connectivity index (χ4n) is 1.40. The molecule has 0 aromatic heterocycles. The molecule has 0 spiro atoms. The molecule has 2 amide bonds. The summed E-state index contributed by atoms with van der Waals surface area (Å²) < 4.78 is 0. The molecule has 3 N–H and O–H groups in total. The van der Waals surface area contributed by atoms with Crippen LogP contribution in [0.2, 0.25) is 5.02 Å². The molecule has 19 heavy (non-hydrogen) atoms. The smallest absolute Gasteiger partial charge is 0.328 e. The molecule has 0 unspecified atom stereocenters. The molecule has 7 heteroatoms. The predicted octanol–water partition coefficient (Wildman–Crippen LogP) is 0.927. The monoisotopic (exact) mass is 286 g/mol. The van der Waals surface area contributed by atoms with Gasteiger partial charge in [-0.1, -0.05) is 29.8 Å². The molecule has 0 bridgehead atoms. The van der Waals surface area contributed by atoms with Crippen molar-refractivity contribution in [3.63, 3.8) is 0 Å². The number of rotatable bonds is 5. The van der Waals surface area contributed by atoms with E-state index in [-0.39, 0.29) is 6.54 Å². The summed E-state index contributed by atoms with van der Waals surface area (Å²) in [5, 5.41) is 20.3. The van der Waals surface area contributed by atoms with Crippen molar-refractivity contribution in [2.45, 2.75) is 12.6 Å². The standard InChI is InChI=1S/C12H15ClN2O4/c1-15(6-8-4-2-3-5-9(8)13)12(19)14-10(7-16)11(17)18/h2-5,10,16H,6-7H2,1H3,(H,14,19)(H,17,18)/t10-/m1/s1. The molecular weight excluding hydrogens is 272 g/mol. The molecule has 0 aliphatic heterocycles. The van der Waals surface area contributed by atoms with E-state index in [9.17, 15) is 9.59 Å². The largest absolute Gasteiger partial charge is 0.480 e. The van der Waals surface area contributed by atoms with Crippen LogP contribution in [0.3, 0.4) is 0 Å². The Kier molecular flexibility index (Phi) is 5.59. The summed E-state index contributed by atoms with van der Waals surface area (Å²) in [5.74, 6) is -1.29. The van der Waals surface area contributed by atoms with Gasteiger partial charge in [0.25, 0.3) is 0 Å². The van der Waals surface area contributed by atoms with Crippen LogP contribution in [-0.4, -0.2) is 46.8 Å². The molecule has 0 fully saturated rings. The fourth-order valence-corrected chi connectivity index (χ4v) is 1.59. The number of carbonyl (C=O) groups excluding carboxylic acids is 1. The number of nitrogens with one attached hydrogen (secondary N) is 1. The van der Waals surface area contributed by atoms with Gasteiger partial charge in [0.15, 0.2) is 6.04 Å². The second-order valence-electron chi connectivity index (χ2n) is 3.97. The Morgan fingerprint density at radius 3 is 2.58 bits per heavy atom. The highest BCUT2D eigenvalue weighted by Crippen LogP contribution is 2.16. The van der Waals surface area contributed by atoms with Gasteiger partial charge in [0.05, 0.1) is 6.61 Å². The SMILES string of the molecule is CN(Cc1ccccc1Cl)C(=O)N[C@H](CO)C(=O)O. The number of benzene rings is 1. The van der Waals surface area contributed by atoms with E-state index in [2.05, 4.69) is 5.32 Å². The number of nitrogens with zero attached hydrogens (tertiary/aromatic N) is 1.